The van der Waals surface area contributed by atoms with Gasteiger partial charge < -0.3 is 4.57 Å². The number of hydrogen-bond donors (Lipinski definition) is 0. The van der Waals surface area contributed by atoms with Gasteiger partial charge in [0.2, 0.25) is 0 Å². The van der Waals surface area contributed by atoms with Crippen LogP contribution in [0.5, 0.6) is 0 Å². The number of fused-ring (bicyclic) bond motifs is 1. The van der Waals surface area contributed by atoms with Crippen LogP contribution in [-0.2, 0) is 0 Å². The largest absolute Gasteiger partial charge is 0.308 e. The fraction of sp³-hybridized carbons (Fsp3) is 0. The molecular formula is C20H13Br2N. The van der Waals surface area contributed by atoms with E-state index in [-0.39, 0.29) is 0 Å². The predicted molar refractivity (Wildman–Crippen MR) is 104 cm³/mol. The molecule has 23 heavy (non-hydrogen) atoms. The van der Waals surface area contributed by atoms with Crippen molar-refractivity contribution >= 4 is 42.8 Å². The summed E-state index contributed by atoms with van der Waals surface area (Å²) in [6, 6.07) is 27.4. The Morgan fingerprint density at radius 2 is 1.35 bits per heavy atom. The lowest BCUT2D eigenvalue weighted by molar-refractivity contribution is 1.13. The molecule has 3 heteroatoms. The molecule has 0 amide bonds. The summed E-state index contributed by atoms with van der Waals surface area (Å²) in [4.78, 5) is 0. The van der Waals surface area contributed by atoms with Gasteiger partial charge >= 0.3 is 0 Å². The zero-order valence-corrected chi connectivity index (χ0v) is 15.4. The zero-order chi connectivity index (χ0) is 15.8. The van der Waals surface area contributed by atoms with Crippen molar-refractivity contribution in [3.8, 4) is 16.9 Å². The number of benzene rings is 3. The molecule has 0 aliphatic rings. The van der Waals surface area contributed by atoms with Gasteiger partial charge in [0.15, 0.2) is 0 Å². The maximum atomic E-state index is 3.83. The summed E-state index contributed by atoms with van der Waals surface area (Å²) in [6.07, 6.45) is 0. The predicted octanol–water partition coefficient (Wildman–Crippen LogP) is 6.82. The molecule has 0 atom stereocenters. The highest BCUT2D eigenvalue weighted by atomic mass is 79.9. The van der Waals surface area contributed by atoms with Crippen LogP contribution in [0.2, 0.25) is 0 Å². The monoisotopic (exact) mass is 425 g/mol. The first-order valence-corrected chi connectivity index (χ1v) is 8.94. The molecule has 0 fully saturated rings. The van der Waals surface area contributed by atoms with Crippen molar-refractivity contribution in [1.82, 2.24) is 4.57 Å². The smallest absolute Gasteiger partial charge is 0.0683 e. The summed E-state index contributed by atoms with van der Waals surface area (Å²) in [5.41, 5.74) is 4.70. The van der Waals surface area contributed by atoms with Gasteiger partial charge in [0.25, 0.3) is 0 Å². The van der Waals surface area contributed by atoms with Crippen molar-refractivity contribution in [3.63, 3.8) is 0 Å². The van der Waals surface area contributed by atoms with Gasteiger partial charge in [-0.25, -0.2) is 0 Å². The van der Waals surface area contributed by atoms with Crippen LogP contribution in [0.25, 0.3) is 27.8 Å². The summed E-state index contributed by atoms with van der Waals surface area (Å²) in [5.74, 6) is 0. The standard InChI is InChI=1S/C20H13Br2N/c21-15-11-12-18-17(13-15)19(22)20(14-7-3-1-4-8-14)23(18)16-9-5-2-6-10-16/h1-13H. The van der Waals surface area contributed by atoms with E-state index in [4.69, 9.17) is 0 Å². The fourth-order valence-corrected chi connectivity index (χ4v) is 4.01. The molecule has 1 heterocycles. The third-order valence-electron chi connectivity index (χ3n) is 3.93. The first-order chi connectivity index (χ1) is 11.3. The molecule has 0 spiro atoms. The topological polar surface area (TPSA) is 4.93 Å². The second kappa shape index (κ2) is 5.99. The van der Waals surface area contributed by atoms with Crippen molar-refractivity contribution in [2.24, 2.45) is 0 Å². The van der Waals surface area contributed by atoms with Crippen LogP contribution in [0, 0.1) is 0 Å². The highest BCUT2D eigenvalue weighted by molar-refractivity contribution is 9.11. The molecule has 4 aromatic rings. The summed E-state index contributed by atoms with van der Waals surface area (Å²) in [7, 11) is 0. The Labute approximate surface area is 151 Å². The lowest BCUT2D eigenvalue weighted by atomic mass is 10.1. The average molecular weight is 427 g/mol. The van der Waals surface area contributed by atoms with Gasteiger partial charge in [-0.2, -0.15) is 0 Å². The first-order valence-electron chi connectivity index (χ1n) is 7.36. The summed E-state index contributed by atoms with van der Waals surface area (Å²) < 4.78 is 4.50. The summed E-state index contributed by atoms with van der Waals surface area (Å²) in [5, 5.41) is 1.20. The molecule has 1 aromatic heterocycles. The molecule has 1 nitrogen and oxygen atoms in total. The highest BCUT2D eigenvalue weighted by Crippen LogP contribution is 2.40. The van der Waals surface area contributed by atoms with E-state index < -0.39 is 0 Å². The Bertz CT molecular complexity index is 973. The van der Waals surface area contributed by atoms with Gasteiger partial charge in [-0.3, -0.25) is 0 Å². The van der Waals surface area contributed by atoms with Crippen molar-refractivity contribution in [3.05, 3.63) is 87.8 Å². The molecule has 0 N–H and O–H groups in total. The normalized spacial score (nSPS) is 11.0. The van der Waals surface area contributed by atoms with E-state index in [9.17, 15) is 0 Å². The first kappa shape index (κ1) is 14.7. The number of rotatable bonds is 2. The molecule has 112 valence electrons. The van der Waals surface area contributed by atoms with E-state index in [0.717, 1.165) is 14.6 Å². The van der Waals surface area contributed by atoms with Crippen molar-refractivity contribution in [2.75, 3.05) is 0 Å². The minimum Gasteiger partial charge on any atom is -0.308 e. The quantitative estimate of drug-likeness (QED) is 0.331. The van der Waals surface area contributed by atoms with Crippen LogP contribution in [0.3, 0.4) is 0 Å². The third-order valence-corrected chi connectivity index (χ3v) is 5.23. The summed E-state index contributed by atoms with van der Waals surface area (Å²) >= 11 is 7.41. The van der Waals surface area contributed by atoms with E-state index in [1.165, 1.54) is 22.2 Å². The molecule has 3 aromatic carbocycles. The lowest BCUT2D eigenvalue weighted by Crippen LogP contribution is -1.96. The van der Waals surface area contributed by atoms with Gasteiger partial charge in [-0.1, -0.05) is 64.5 Å². The van der Waals surface area contributed by atoms with Crippen LogP contribution in [0.1, 0.15) is 0 Å². The zero-order valence-electron chi connectivity index (χ0n) is 12.2. The second-order valence-corrected chi connectivity index (χ2v) is 7.07. The Hall–Kier alpha value is -1.84. The fourth-order valence-electron chi connectivity index (χ4n) is 2.92. The highest BCUT2D eigenvalue weighted by Gasteiger charge is 2.18. The number of halogens is 2. The Kier molecular flexibility index (Phi) is 3.83. The molecule has 0 radical (unpaired) electrons. The lowest BCUT2D eigenvalue weighted by Gasteiger charge is -2.11. The number of nitrogens with zero attached hydrogens (tertiary/aromatic N) is 1. The molecule has 0 unspecified atom stereocenters. The van der Waals surface area contributed by atoms with E-state index in [1.807, 2.05) is 12.1 Å². The van der Waals surface area contributed by atoms with Crippen LogP contribution in [0.15, 0.2) is 87.8 Å². The van der Waals surface area contributed by atoms with Gasteiger partial charge in [-0.05, 0) is 51.8 Å². The van der Waals surface area contributed by atoms with Gasteiger partial charge in [0.05, 0.1) is 15.7 Å². The van der Waals surface area contributed by atoms with Crippen molar-refractivity contribution in [2.45, 2.75) is 0 Å². The van der Waals surface area contributed by atoms with E-state index in [0.29, 0.717) is 0 Å². The van der Waals surface area contributed by atoms with Crippen molar-refractivity contribution < 1.29 is 0 Å². The molecule has 0 bridgehead atoms. The molecule has 0 aliphatic heterocycles. The Balaban J connectivity index is 2.14. The van der Waals surface area contributed by atoms with Gasteiger partial charge in [0.1, 0.15) is 0 Å². The van der Waals surface area contributed by atoms with Gasteiger partial charge in [0, 0.05) is 15.5 Å². The minimum atomic E-state index is 1.08. The molecule has 0 aliphatic carbocycles. The number of hydrogen-bond acceptors (Lipinski definition) is 0. The molecular weight excluding hydrogens is 414 g/mol. The Morgan fingerprint density at radius 1 is 0.696 bits per heavy atom. The van der Waals surface area contributed by atoms with E-state index in [1.54, 1.807) is 0 Å². The van der Waals surface area contributed by atoms with Crippen LogP contribution in [-0.4, -0.2) is 4.57 Å². The van der Waals surface area contributed by atoms with Crippen LogP contribution >= 0.6 is 31.9 Å². The number of aromatic nitrogens is 1. The maximum absolute atomic E-state index is 3.83. The molecule has 4 rings (SSSR count). The van der Waals surface area contributed by atoms with Crippen LogP contribution in [0.4, 0.5) is 0 Å². The second-order valence-electron chi connectivity index (χ2n) is 5.36. The van der Waals surface area contributed by atoms with E-state index >= 15 is 0 Å². The third kappa shape index (κ3) is 2.54. The molecule has 0 saturated carbocycles. The summed E-state index contributed by atoms with van der Waals surface area (Å²) in [6.45, 7) is 0. The van der Waals surface area contributed by atoms with Gasteiger partial charge in [-0.15, -0.1) is 0 Å². The SMILES string of the molecule is Brc1ccc2c(c1)c(Br)c(-c1ccccc1)n2-c1ccccc1. The van der Waals surface area contributed by atoms with Crippen molar-refractivity contribution in [1.29, 1.82) is 0 Å². The average Bonchev–Trinajstić information content (AvgIpc) is 2.89. The van der Waals surface area contributed by atoms with E-state index in [2.05, 4.69) is 103 Å². The minimum absolute atomic E-state index is 1.08. The van der Waals surface area contributed by atoms with Crippen LogP contribution < -0.4 is 0 Å². The maximum Gasteiger partial charge on any atom is 0.0683 e. The number of para-hydroxylation sites is 1. The molecule has 0 saturated heterocycles. The Morgan fingerprint density at radius 3 is 2.04 bits per heavy atom.